The molecule has 0 radical (unpaired) electrons. The highest BCUT2D eigenvalue weighted by atomic mass is 32.1. The Morgan fingerprint density at radius 2 is 1.85 bits per heavy atom. The number of carboxylic acids is 1. The molecule has 3 aromatic carbocycles. The second-order valence-electron chi connectivity index (χ2n) is 9.60. The van der Waals surface area contributed by atoms with E-state index in [1.54, 1.807) is 18.3 Å². The molecule has 0 saturated carbocycles. The Bertz CT molecular complexity index is 1640. The van der Waals surface area contributed by atoms with Gasteiger partial charge < -0.3 is 20.7 Å². The summed E-state index contributed by atoms with van der Waals surface area (Å²) in [5.41, 5.74) is 5.06. The zero-order valence-electron chi connectivity index (χ0n) is 22.1. The van der Waals surface area contributed by atoms with E-state index in [2.05, 4.69) is 32.7 Å². The molecule has 40 heavy (non-hydrogen) atoms. The van der Waals surface area contributed by atoms with Gasteiger partial charge in [-0.2, -0.15) is 0 Å². The summed E-state index contributed by atoms with van der Waals surface area (Å²) in [5, 5.41) is 15.8. The number of para-hydroxylation sites is 2. The van der Waals surface area contributed by atoms with E-state index in [1.807, 2.05) is 55.5 Å². The Kier molecular flexibility index (Phi) is 7.93. The van der Waals surface area contributed by atoms with Crippen LogP contribution in [-0.4, -0.2) is 33.0 Å². The Morgan fingerprint density at radius 1 is 1.07 bits per heavy atom. The van der Waals surface area contributed by atoms with E-state index in [-0.39, 0.29) is 6.42 Å². The van der Waals surface area contributed by atoms with Crippen molar-refractivity contribution in [3.05, 3.63) is 106 Å². The van der Waals surface area contributed by atoms with Gasteiger partial charge in [-0.05, 0) is 72.0 Å². The van der Waals surface area contributed by atoms with Gasteiger partial charge in [0.05, 0.1) is 17.6 Å². The highest BCUT2D eigenvalue weighted by Gasteiger charge is 2.24. The maximum atomic E-state index is 13.8. The van der Waals surface area contributed by atoms with Gasteiger partial charge in [-0.3, -0.25) is 4.79 Å². The summed E-state index contributed by atoms with van der Waals surface area (Å²) < 4.78 is 13.8. The number of halogens is 1. The molecule has 5 aromatic rings. The zero-order chi connectivity index (χ0) is 28.2. The minimum Gasteiger partial charge on any atom is -0.480 e. The third-order valence-electron chi connectivity index (χ3n) is 6.75. The van der Waals surface area contributed by atoms with Crippen molar-refractivity contribution in [3.63, 3.8) is 0 Å². The minimum absolute atomic E-state index is 0.125. The van der Waals surface area contributed by atoms with Crippen molar-refractivity contribution in [2.75, 3.05) is 5.32 Å². The van der Waals surface area contributed by atoms with E-state index in [0.717, 1.165) is 37.9 Å². The number of aromatic nitrogens is 2. The summed E-state index contributed by atoms with van der Waals surface area (Å²) in [7, 11) is 0. The topological polar surface area (TPSA) is 107 Å². The number of H-pyrrole nitrogens is 1. The molecule has 7 nitrogen and oxygen atoms in total. The predicted molar refractivity (Wildman–Crippen MR) is 156 cm³/mol. The summed E-state index contributed by atoms with van der Waals surface area (Å²) >= 11 is 1.67. The second-order valence-corrected chi connectivity index (χ2v) is 10.8. The lowest BCUT2D eigenvalue weighted by Crippen LogP contribution is -2.42. The van der Waals surface area contributed by atoms with Gasteiger partial charge in [0.2, 0.25) is 5.95 Å². The molecule has 2 aromatic heterocycles. The number of amides is 1. The monoisotopic (exact) mass is 556 g/mol. The average molecular weight is 557 g/mol. The standard InChI is InChI=1S/C31H29FN4O3S/c1-3-20-16-22(32)14-18(2)28(20)29(37)34-26(30(38)39)15-19-8-10-21(11-9-19)27-13-12-23(40-27)17-33-31-35-24-6-4-5-7-25(24)36-31/h4-14,16,26H,3,15,17H2,1-2H3,(H,34,37)(H,38,39)(H2,33,35,36). The molecule has 4 N–H and O–H groups in total. The number of aliphatic carboxylic acids is 1. The van der Waals surface area contributed by atoms with E-state index in [9.17, 15) is 19.1 Å². The van der Waals surface area contributed by atoms with Crippen LogP contribution < -0.4 is 10.6 Å². The predicted octanol–water partition coefficient (Wildman–Crippen LogP) is 6.34. The van der Waals surface area contributed by atoms with Crippen LogP contribution >= 0.6 is 11.3 Å². The summed E-state index contributed by atoms with van der Waals surface area (Å²) in [6.45, 7) is 4.11. The summed E-state index contributed by atoms with van der Waals surface area (Å²) in [6.07, 6.45) is 0.584. The highest BCUT2D eigenvalue weighted by molar-refractivity contribution is 7.15. The first-order valence-electron chi connectivity index (χ1n) is 13.0. The van der Waals surface area contributed by atoms with Crippen LogP contribution in [0.2, 0.25) is 0 Å². The van der Waals surface area contributed by atoms with E-state index >= 15 is 0 Å². The molecule has 204 valence electrons. The SMILES string of the molecule is CCc1cc(F)cc(C)c1C(=O)NC(Cc1ccc(-c2ccc(CNc3nc4ccccc4[nH]3)s2)cc1)C(=O)O. The fourth-order valence-electron chi connectivity index (χ4n) is 4.72. The van der Waals surface area contributed by atoms with Crippen LogP contribution in [0.5, 0.6) is 0 Å². The first kappa shape index (κ1) is 27.1. The van der Waals surface area contributed by atoms with Crippen LogP contribution in [0.15, 0.2) is 72.8 Å². The van der Waals surface area contributed by atoms with Crippen LogP contribution in [0.25, 0.3) is 21.5 Å². The van der Waals surface area contributed by atoms with Crippen LogP contribution in [0, 0.1) is 12.7 Å². The molecular formula is C31H29FN4O3S. The molecule has 0 saturated heterocycles. The molecule has 1 atom stereocenters. The number of rotatable bonds is 10. The minimum atomic E-state index is -1.13. The molecule has 0 aliphatic rings. The maximum absolute atomic E-state index is 13.8. The van der Waals surface area contributed by atoms with Crippen molar-refractivity contribution in [2.45, 2.75) is 39.3 Å². The molecule has 0 fully saturated rings. The van der Waals surface area contributed by atoms with Crippen molar-refractivity contribution in [1.82, 2.24) is 15.3 Å². The number of carboxylic acid groups (broad SMARTS) is 1. The van der Waals surface area contributed by atoms with Crippen molar-refractivity contribution < 1.29 is 19.1 Å². The number of anilines is 1. The van der Waals surface area contributed by atoms with Gasteiger partial charge in [0.25, 0.3) is 5.91 Å². The molecule has 0 aliphatic heterocycles. The molecule has 0 aliphatic carbocycles. The number of imidazole rings is 1. The van der Waals surface area contributed by atoms with Gasteiger partial charge in [0.15, 0.2) is 0 Å². The van der Waals surface area contributed by atoms with E-state index < -0.39 is 23.7 Å². The van der Waals surface area contributed by atoms with Gasteiger partial charge in [0, 0.05) is 21.7 Å². The summed E-state index contributed by atoms with van der Waals surface area (Å²) in [4.78, 5) is 35.0. The average Bonchev–Trinajstić information content (AvgIpc) is 3.58. The smallest absolute Gasteiger partial charge is 0.326 e. The number of carbonyl (C=O) groups is 2. The molecule has 1 unspecified atom stereocenters. The van der Waals surface area contributed by atoms with Crippen molar-refractivity contribution in [2.24, 2.45) is 0 Å². The highest BCUT2D eigenvalue weighted by Crippen LogP contribution is 2.29. The Labute approximate surface area is 235 Å². The fourth-order valence-corrected chi connectivity index (χ4v) is 5.68. The molecule has 9 heteroatoms. The van der Waals surface area contributed by atoms with Gasteiger partial charge >= 0.3 is 5.97 Å². The number of benzene rings is 3. The number of nitrogens with zero attached hydrogens (tertiary/aromatic N) is 1. The molecular weight excluding hydrogens is 527 g/mol. The Hall–Kier alpha value is -4.50. The van der Waals surface area contributed by atoms with Crippen LogP contribution in [0.3, 0.4) is 0 Å². The van der Waals surface area contributed by atoms with Crippen molar-refractivity contribution in [1.29, 1.82) is 0 Å². The van der Waals surface area contributed by atoms with Crippen molar-refractivity contribution >= 4 is 40.2 Å². The van der Waals surface area contributed by atoms with Crippen LogP contribution in [0.1, 0.15) is 38.8 Å². The first-order valence-corrected chi connectivity index (χ1v) is 13.8. The third-order valence-corrected chi connectivity index (χ3v) is 7.89. The first-order chi connectivity index (χ1) is 19.3. The Balaban J connectivity index is 1.22. The summed E-state index contributed by atoms with van der Waals surface area (Å²) in [6, 6.07) is 21.2. The number of aryl methyl sites for hydroxylation is 2. The number of hydrogen-bond acceptors (Lipinski definition) is 5. The quantitative estimate of drug-likeness (QED) is 0.161. The number of nitrogens with one attached hydrogen (secondary N) is 3. The number of carbonyl (C=O) groups excluding carboxylic acids is 1. The molecule has 2 heterocycles. The normalized spacial score (nSPS) is 11.9. The third kappa shape index (κ3) is 6.05. The molecule has 0 spiro atoms. The van der Waals surface area contributed by atoms with Crippen LogP contribution in [-0.2, 0) is 24.2 Å². The number of aromatic amines is 1. The van der Waals surface area contributed by atoms with Gasteiger partial charge in [0.1, 0.15) is 11.9 Å². The maximum Gasteiger partial charge on any atom is 0.326 e. The lowest BCUT2D eigenvalue weighted by Gasteiger charge is -2.17. The number of thiophene rings is 1. The number of fused-ring (bicyclic) bond motifs is 1. The largest absolute Gasteiger partial charge is 0.480 e. The van der Waals surface area contributed by atoms with Gasteiger partial charge in [-0.1, -0.05) is 43.3 Å². The second kappa shape index (κ2) is 11.7. The Morgan fingerprint density at radius 3 is 2.58 bits per heavy atom. The zero-order valence-corrected chi connectivity index (χ0v) is 22.9. The van der Waals surface area contributed by atoms with E-state index in [0.29, 0.717) is 29.7 Å². The lowest BCUT2D eigenvalue weighted by molar-refractivity contribution is -0.139. The van der Waals surface area contributed by atoms with E-state index in [4.69, 9.17) is 0 Å². The molecule has 1 amide bonds. The van der Waals surface area contributed by atoms with E-state index in [1.165, 1.54) is 12.1 Å². The number of hydrogen-bond donors (Lipinski definition) is 4. The van der Waals surface area contributed by atoms with Gasteiger partial charge in [-0.25, -0.2) is 14.2 Å². The molecule has 0 bridgehead atoms. The molecule has 5 rings (SSSR count). The van der Waals surface area contributed by atoms with Crippen LogP contribution in [0.4, 0.5) is 10.3 Å². The fraction of sp³-hybridized carbons (Fsp3) is 0.194. The lowest BCUT2D eigenvalue weighted by atomic mass is 9.98. The van der Waals surface area contributed by atoms with Gasteiger partial charge in [-0.15, -0.1) is 11.3 Å². The van der Waals surface area contributed by atoms with Crippen molar-refractivity contribution in [3.8, 4) is 10.4 Å². The summed E-state index contributed by atoms with van der Waals surface area (Å²) in [5.74, 6) is -1.34.